The zero-order chi connectivity index (χ0) is 8.15. The standard InChI is InChI=1S/C6H14NO2P/c1-3-7(10)5(2)4-6(8)9/h5H,3-4,10H2,1-2H3,(H,8,9). The van der Waals surface area contributed by atoms with Gasteiger partial charge in [0.25, 0.3) is 0 Å². The molecule has 0 aromatic heterocycles. The quantitative estimate of drug-likeness (QED) is 0.627. The van der Waals surface area contributed by atoms with E-state index in [-0.39, 0.29) is 12.5 Å². The molecule has 4 heteroatoms. The first-order valence-electron chi connectivity index (χ1n) is 3.31. The SMILES string of the molecule is CCN(P)C(C)CC(=O)O. The minimum absolute atomic E-state index is 0.104. The van der Waals surface area contributed by atoms with Crippen molar-refractivity contribution in [2.24, 2.45) is 0 Å². The molecule has 0 bridgehead atoms. The Labute approximate surface area is 63.7 Å². The van der Waals surface area contributed by atoms with Crippen molar-refractivity contribution in [2.45, 2.75) is 26.3 Å². The summed E-state index contributed by atoms with van der Waals surface area (Å²) in [5.74, 6) is -0.742. The first kappa shape index (κ1) is 9.86. The van der Waals surface area contributed by atoms with Crippen molar-refractivity contribution >= 4 is 15.4 Å². The number of carbonyl (C=O) groups is 1. The summed E-state index contributed by atoms with van der Waals surface area (Å²) in [7, 11) is 2.51. The number of nitrogens with zero attached hydrogens (tertiary/aromatic N) is 1. The second-order valence-electron chi connectivity index (χ2n) is 2.28. The molecule has 0 rings (SSSR count). The van der Waals surface area contributed by atoms with Crippen LogP contribution >= 0.6 is 9.39 Å². The van der Waals surface area contributed by atoms with Gasteiger partial charge in [-0.3, -0.25) is 9.46 Å². The summed E-state index contributed by atoms with van der Waals surface area (Å²) in [6.45, 7) is 4.75. The second-order valence-corrected chi connectivity index (χ2v) is 2.94. The van der Waals surface area contributed by atoms with Gasteiger partial charge in [-0.15, -0.1) is 0 Å². The minimum Gasteiger partial charge on any atom is -0.481 e. The van der Waals surface area contributed by atoms with Crippen molar-refractivity contribution in [1.29, 1.82) is 0 Å². The van der Waals surface area contributed by atoms with E-state index in [1.807, 2.05) is 18.5 Å². The summed E-state index contributed by atoms with van der Waals surface area (Å²) in [6, 6.07) is 0.104. The molecule has 0 aromatic rings. The first-order chi connectivity index (χ1) is 4.57. The van der Waals surface area contributed by atoms with Crippen LogP contribution < -0.4 is 0 Å². The fourth-order valence-electron chi connectivity index (χ4n) is 0.682. The lowest BCUT2D eigenvalue weighted by atomic mass is 10.2. The summed E-state index contributed by atoms with van der Waals surface area (Å²) < 4.78 is 1.92. The van der Waals surface area contributed by atoms with Gasteiger partial charge in [-0.1, -0.05) is 16.3 Å². The van der Waals surface area contributed by atoms with Crippen molar-refractivity contribution in [3.8, 4) is 0 Å². The van der Waals surface area contributed by atoms with Crippen molar-refractivity contribution < 1.29 is 9.90 Å². The lowest BCUT2D eigenvalue weighted by Gasteiger charge is -2.20. The van der Waals surface area contributed by atoms with Gasteiger partial charge in [0.1, 0.15) is 0 Å². The summed E-state index contributed by atoms with van der Waals surface area (Å²) in [5, 5.41) is 8.39. The van der Waals surface area contributed by atoms with E-state index in [4.69, 9.17) is 5.11 Å². The third-order valence-electron chi connectivity index (χ3n) is 1.40. The predicted octanol–water partition coefficient (Wildman–Crippen LogP) is 0.962. The number of rotatable bonds is 4. The van der Waals surface area contributed by atoms with E-state index in [0.29, 0.717) is 0 Å². The molecular formula is C6H14NO2P. The van der Waals surface area contributed by atoms with Gasteiger partial charge in [-0.2, -0.15) is 0 Å². The molecule has 0 aliphatic heterocycles. The summed E-state index contributed by atoms with van der Waals surface area (Å²) in [5.41, 5.74) is 0. The van der Waals surface area contributed by atoms with Gasteiger partial charge in [0, 0.05) is 6.04 Å². The molecule has 1 N–H and O–H groups in total. The number of carboxylic acids is 1. The zero-order valence-electron chi connectivity index (χ0n) is 6.37. The van der Waals surface area contributed by atoms with Crippen molar-refractivity contribution in [3.63, 3.8) is 0 Å². The average Bonchev–Trinajstić information content (AvgIpc) is 1.85. The second kappa shape index (κ2) is 4.64. The largest absolute Gasteiger partial charge is 0.481 e. The maximum atomic E-state index is 10.2. The minimum atomic E-state index is -0.742. The van der Waals surface area contributed by atoms with Gasteiger partial charge in [0.05, 0.1) is 6.42 Å². The molecule has 0 amide bonds. The van der Waals surface area contributed by atoms with Gasteiger partial charge >= 0.3 is 5.97 Å². The number of hydrogen-bond donors (Lipinski definition) is 1. The molecule has 2 atom stereocenters. The van der Waals surface area contributed by atoms with Gasteiger partial charge < -0.3 is 5.11 Å². The molecule has 0 saturated carbocycles. The average molecular weight is 163 g/mol. The lowest BCUT2D eigenvalue weighted by molar-refractivity contribution is -0.137. The Balaban J connectivity index is 3.61. The van der Waals surface area contributed by atoms with Crippen molar-refractivity contribution in [2.75, 3.05) is 6.54 Å². The molecular weight excluding hydrogens is 149 g/mol. The topological polar surface area (TPSA) is 40.5 Å². The normalized spacial score (nSPS) is 13.6. The van der Waals surface area contributed by atoms with Crippen LogP contribution in [-0.2, 0) is 4.79 Å². The Morgan fingerprint density at radius 1 is 1.80 bits per heavy atom. The van der Waals surface area contributed by atoms with Crippen molar-refractivity contribution in [1.82, 2.24) is 4.67 Å². The highest BCUT2D eigenvalue weighted by Crippen LogP contribution is 2.07. The Kier molecular flexibility index (Phi) is 4.58. The third kappa shape index (κ3) is 3.80. The first-order valence-corrected chi connectivity index (χ1v) is 3.82. The van der Waals surface area contributed by atoms with Crippen LogP contribution in [0.15, 0.2) is 0 Å². The molecule has 10 heavy (non-hydrogen) atoms. The van der Waals surface area contributed by atoms with E-state index in [1.54, 1.807) is 0 Å². The maximum absolute atomic E-state index is 10.2. The van der Waals surface area contributed by atoms with Crippen LogP contribution in [0.4, 0.5) is 0 Å². The summed E-state index contributed by atoms with van der Waals surface area (Å²) in [4.78, 5) is 10.2. The summed E-state index contributed by atoms with van der Waals surface area (Å²) in [6.07, 6.45) is 0.206. The molecule has 0 aliphatic rings. The maximum Gasteiger partial charge on any atom is 0.304 e. The van der Waals surface area contributed by atoms with Gasteiger partial charge in [0.2, 0.25) is 0 Å². The van der Waals surface area contributed by atoms with Crippen LogP contribution in [0.1, 0.15) is 20.3 Å². The van der Waals surface area contributed by atoms with E-state index in [2.05, 4.69) is 9.39 Å². The van der Waals surface area contributed by atoms with Crippen LogP contribution in [0.2, 0.25) is 0 Å². The Hall–Kier alpha value is -0.140. The molecule has 0 heterocycles. The van der Waals surface area contributed by atoms with Crippen LogP contribution in [0.3, 0.4) is 0 Å². The number of aliphatic carboxylic acids is 1. The highest BCUT2D eigenvalue weighted by molar-refractivity contribution is 7.13. The predicted molar refractivity (Wildman–Crippen MR) is 43.8 cm³/mol. The molecule has 3 nitrogen and oxygen atoms in total. The van der Waals surface area contributed by atoms with Crippen LogP contribution in [0.5, 0.6) is 0 Å². The fourth-order valence-corrected chi connectivity index (χ4v) is 0.787. The highest BCUT2D eigenvalue weighted by atomic mass is 31.0. The number of carboxylic acid groups (broad SMARTS) is 1. The van der Waals surface area contributed by atoms with Crippen LogP contribution in [-0.4, -0.2) is 28.3 Å². The van der Waals surface area contributed by atoms with E-state index in [9.17, 15) is 4.79 Å². The molecule has 2 unspecified atom stereocenters. The lowest BCUT2D eigenvalue weighted by Crippen LogP contribution is -2.25. The van der Waals surface area contributed by atoms with Gasteiger partial charge in [-0.25, -0.2) is 0 Å². The van der Waals surface area contributed by atoms with Gasteiger partial charge in [0.15, 0.2) is 0 Å². The monoisotopic (exact) mass is 163 g/mol. The van der Waals surface area contributed by atoms with Gasteiger partial charge in [-0.05, 0) is 13.5 Å². The molecule has 0 aromatic carbocycles. The van der Waals surface area contributed by atoms with Crippen LogP contribution in [0.25, 0.3) is 0 Å². The molecule has 0 aliphatic carbocycles. The van der Waals surface area contributed by atoms with Crippen LogP contribution in [0, 0.1) is 0 Å². The van der Waals surface area contributed by atoms with E-state index in [1.165, 1.54) is 0 Å². The Morgan fingerprint density at radius 2 is 2.30 bits per heavy atom. The molecule has 60 valence electrons. The molecule has 0 saturated heterocycles. The summed E-state index contributed by atoms with van der Waals surface area (Å²) >= 11 is 0. The zero-order valence-corrected chi connectivity index (χ0v) is 7.53. The molecule has 0 radical (unpaired) electrons. The molecule has 0 fully saturated rings. The smallest absolute Gasteiger partial charge is 0.304 e. The fraction of sp³-hybridized carbons (Fsp3) is 0.833. The molecule has 0 spiro atoms. The number of hydrogen-bond acceptors (Lipinski definition) is 2. The Bertz CT molecular complexity index is 118. The van der Waals surface area contributed by atoms with E-state index in [0.717, 1.165) is 6.54 Å². The Morgan fingerprint density at radius 3 is 2.60 bits per heavy atom. The van der Waals surface area contributed by atoms with Crippen molar-refractivity contribution in [3.05, 3.63) is 0 Å². The van der Waals surface area contributed by atoms with E-state index >= 15 is 0 Å². The van der Waals surface area contributed by atoms with E-state index < -0.39 is 5.97 Å². The third-order valence-corrected chi connectivity index (χ3v) is 2.28. The highest BCUT2D eigenvalue weighted by Gasteiger charge is 2.10.